The van der Waals surface area contributed by atoms with E-state index in [4.69, 9.17) is 4.74 Å². The topological polar surface area (TPSA) is 70.7 Å². The van der Waals surface area contributed by atoms with Crippen molar-refractivity contribution in [2.24, 2.45) is 0 Å². The van der Waals surface area contributed by atoms with Gasteiger partial charge in [-0.05, 0) is 48.9 Å². The van der Waals surface area contributed by atoms with Gasteiger partial charge in [0.1, 0.15) is 11.9 Å². The molecule has 6 nitrogen and oxygen atoms in total. The number of nitrogens with zero attached hydrogens (tertiary/aromatic N) is 1. The Balaban J connectivity index is 1.59. The number of fused-ring (bicyclic) bond motifs is 1. The summed E-state index contributed by atoms with van der Waals surface area (Å²) in [5.74, 6) is 0.0513. The van der Waals surface area contributed by atoms with Crippen LogP contribution in [0, 0.1) is 0 Å². The van der Waals surface area contributed by atoms with Crippen molar-refractivity contribution in [1.82, 2.24) is 10.4 Å². The lowest BCUT2D eigenvalue weighted by Crippen LogP contribution is -2.53. The largest absolute Gasteiger partial charge is 0.494 e. The highest BCUT2D eigenvalue weighted by atomic mass is 79.9. The summed E-state index contributed by atoms with van der Waals surface area (Å²) in [6.07, 6.45) is 1.46. The van der Waals surface area contributed by atoms with Crippen LogP contribution in [0.1, 0.15) is 52.2 Å². The van der Waals surface area contributed by atoms with Crippen LogP contribution in [0.4, 0.5) is 5.69 Å². The minimum absolute atomic E-state index is 0.284. The predicted octanol–water partition coefficient (Wildman–Crippen LogP) is 5.54. The van der Waals surface area contributed by atoms with Gasteiger partial charge in [0.2, 0.25) is 0 Å². The van der Waals surface area contributed by atoms with Gasteiger partial charge in [-0.2, -0.15) is 0 Å². The smallest absolute Gasteiger partial charge is 0.276 e. The molecule has 4 rings (SSSR count). The fraction of sp³-hybridized carbons (Fsp3) is 0.200. The van der Waals surface area contributed by atoms with E-state index in [0.29, 0.717) is 23.5 Å². The Hall–Kier alpha value is -3.32. The quantitative estimate of drug-likeness (QED) is 0.424. The van der Waals surface area contributed by atoms with Gasteiger partial charge in [-0.25, -0.2) is 5.01 Å². The monoisotopic (exact) mass is 493 g/mol. The first-order valence-corrected chi connectivity index (χ1v) is 11.3. The Bertz CT molecular complexity index is 1120. The molecule has 0 fully saturated rings. The number of carbonyl (C=O) groups excluding carboxylic acids is 2. The molecule has 0 bridgehead atoms. The summed E-state index contributed by atoms with van der Waals surface area (Å²) < 4.78 is 6.49. The third-order valence-electron chi connectivity index (χ3n) is 5.23. The molecule has 0 aliphatic carbocycles. The van der Waals surface area contributed by atoms with Crippen LogP contribution in [-0.4, -0.2) is 23.4 Å². The Kier molecular flexibility index (Phi) is 6.75. The fourth-order valence-electron chi connectivity index (χ4n) is 3.49. The molecule has 0 saturated carbocycles. The van der Waals surface area contributed by atoms with E-state index >= 15 is 0 Å². The molecule has 7 heteroatoms. The third kappa shape index (κ3) is 4.62. The lowest BCUT2D eigenvalue weighted by atomic mass is 10.0. The number of hydrogen-bond donors (Lipinski definition) is 2. The van der Waals surface area contributed by atoms with E-state index in [2.05, 4.69) is 33.6 Å². The number of halogens is 1. The lowest BCUT2D eigenvalue weighted by molar-refractivity contribution is 0.0490. The number of nitrogens with one attached hydrogen (secondary N) is 2. The summed E-state index contributed by atoms with van der Waals surface area (Å²) in [6.45, 7) is 2.75. The van der Waals surface area contributed by atoms with Crippen molar-refractivity contribution in [3.8, 4) is 5.75 Å². The molecule has 3 aromatic rings. The van der Waals surface area contributed by atoms with E-state index < -0.39 is 6.17 Å². The first-order chi connectivity index (χ1) is 15.6. The van der Waals surface area contributed by atoms with E-state index in [0.717, 1.165) is 28.6 Å². The standard InChI is InChI=1S/C25H24BrN3O3/c1-2-3-16-32-18-14-12-17(13-15-18)24(30)28-29-23(19-8-4-6-10-21(19)26)27-22-11-7-5-9-20(22)25(29)31/h4-15,23,27H,2-3,16H2,1H3,(H,28,30)/t23-/m1/s1. The highest BCUT2D eigenvalue weighted by molar-refractivity contribution is 9.10. The zero-order valence-corrected chi connectivity index (χ0v) is 19.3. The molecular weight excluding hydrogens is 470 g/mol. The normalized spacial score (nSPS) is 15.0. The molecule has 1 atom stereocenters. The second-order valence-corrected chi connectivity index (χ2v) is 8.31. The first kappa shape index (κ1) is 21.9. The summed E-state index contributed by atoms with van der Waals surface area (Å²) in [5.41, 5.74) is 5.27. The van der Waals surface area contributed by atoms with Gasteiger partial charge in [-0.15, -0.1) is 0 Å². The molecule has 1 heterocycles. The molecule has 0 saturated heterocycles. The molecule has 1 aliphatic heterocycles. The van der Waals surface area contributed by atoms with Crippen molar-refractivity contribution in [3.63, 3.8) is 0 Å². The molecule has 32 heavy (non-hydrogen) atoms. The van der Waals surface area contributed by atoms with Gasteiger partial charge in [-0.1, -0.05) is 59.6 Å². The van der Waals surface area contributed by atoms with Gasteiger partial charge >= 0.3 is 0 Å². The molecule has 3 aromatic carbocycles. The molecule has 164 valence electrons. The molecule has 0 spiro atoms. The number of rotatable bonds is 7. The van der Waals surface area contributed by atoms with Crippen molar-refractivity contribution in [1.29, 1.82) is 0 Å². The molecular formula is C25H24BrN3O3. The van der Waals surface area contributed by atoms with Crippen molar-refractivity contribution in [2.45, 2.75) is 25.9 Å². The second kappa shape index (κ2) is 9.87. The van der Waals surface area contributed by atoms with Gasteiger partial charge in [0, 0.05) is 21.3 Å². The number of ether oxygens (including phenoxy) is 1. The van der Waals surface area contributed by atoms with Crippen LogP contribution < -0.4 is 15.5 Å². The van der Waals surface area contributed by atoms with Crippen molar-refractivity contribution < 1.29 is 14.3 Å². The number of unbranched alkanes of at least 4 members (excludes halogenated alkanes) is 1. The van der Waals surface area contributed by atoms with Crippen LogP contribution in [0.3, 0.4) is 0 Å². The molecule has 0 unspecified atom stereocenters. The van der Waals surface area contributed by atoms with E-state index in [-0.39, 0.29) is 11.8 Å². The summed E-state index contributed by atoms with van der Waals surface area (Å²) in [4.78, 5) is 26.3. The third-order valence-corrected chi connectivity index (χ3v) is 5.95. The summed E-state index contributed by atoms with van der Waals surface area (Å²) in [7, 11) is 0. The van der Waals surface area contributed by atoms with Crippen molar-refractivity contribution >= 4 is 33.4 Å². The number of hydrogen-bond acceptors (Lipinski definition) is 4. The summed E-state index contributed by atoms with van der Waals surface area (Å²) in [6, 6.07) is 21.8. The highest BCUT2D eigenvalue weighted by Crippen LogP contribution is 2.34. The Labute approximate surface area is 195 Å². The van der Waals surface area contributed by atoms with E-state index in [1.807, 2.05) is 36.4 Å². The van der Waals surface area contributed by atoms with Crippen LogP contribution in [-0.2, 0) is 0 Å². The minimum atomic E-state index is -0.575. The Morgan fingerprint density at radius 3 is 2.53 bits per heavy atom. The number of hydrazine groups is 1. The van der Waals surface area contributed by atoms with E-state index in [1.165, 1.54) is 5.01 Å². The number of amides is 2. The summed E-state index contributed by atoms with van der Waals surface area (Å²) in [5, 5.41) is 4.71. The van der Waals surface area contributed by atoms with Gasteiger partial charge in [0.15, 0.2) is 0 Å². The zero-order valence-electron chi connectivity index (χ0n) is 17.7. The second-order valence-electron chi connectivity index (χ2n) is 7.46. The maximum Gasteiger partial charge on any atom is 0.276 e. The van der Waals surface area contributed by atoms with Crippen LogP contribution >= 0.6 is 15.9 Å². The van der Waals surface area contributed by atoms with Crippen LogP contribution in [0.15, 0.2) is 77.3 Å². The zero-order chi connectivity index (χ0) is 22.5. The average molecular weight is 494 g/mol. The lowest BCUT2D eigenvalue weighted by Gasteiger charge is -2.38. The van der Waals surface area contributed by atoms with Gasteiger partial charge in [0.05, 0.1) is 12.2 Å². The number of para-hydroxylation sites is 1. The first-order valence-electron chi connectivity index (χ1n) is 10.6. The Morgan fingerprint density at radius 2 is 1.78 bits per heavy atom. The van der Waals surface area contributed by atoms with Crippen LogP contribution in [0.5, 0.6) is 5.75 Å². The average Bonchev–Trinajstić information content (AvgIpc) is 2.82. The fourth-order valence-corrected chi connectivity index (χ4v) is 4.00. The molecule has 2 amide bonds. The van der Waals surface area contributed by atoms with Crippen molar-refractivity contribution in [3.05, 3.63) is 94.0 Å². The highest BCUT2D eigenvalue weighted by Gasteiger charge is 2.35. The van der Waals surface area contributed by atoms with E-state index in [9.17, 15) is 9.59 Å². The Morgan fingerprint density at radius 1 is 1.06 bits per heavy atom. The SMILES string of the molecule is CCCCOc1ccc(C(=O)NN2C(=O)c3ccccc3N[C@H]2c2ccccc2Br)cc1. The van der Waals surface area contributed by atoms with Gasteiger partial charge in [-0.3, -0.25) is 15.0 Å². The van der Waals surface area contributed by atoms with Crippen LogP contribution in [0.25, 0.3) is 0 Å². The molecule has 2 N–H and O–H groups in total. The number of anilines is 1. The maximum atomic E-state index is 13.3. The number of carbonyl (C=O) groups is 2. The van der Waals surface area contributed by atoms with Crippen LogP contribution in [0.2, 0.25) is 0 Å². The van der Waals surface area contributed by atoms with E-state index in [1.54, 1.807) is 36.4 Å². The van der Waals surface area contributed by atoms with Gasteiger partial charge in [0.25, 0.3) is 11.8 Å². The van der Waals surface area contributed by atoms with Crippen molar-refractivity contribution in [2.75, 3.05) is 11.9 Å². The number of benzene rings is 3. The predicted molar refractivity (Wildman–Crippen MR) is 127 cm³/mol. The summed E-state index contributed by atoms with van der Waals surface area (Å²) >= 11 is 3.56. The minimum Gasteiger partial charge on any atom is -0.494 e. The van der Waals surface area contributed by atoms with Gasteiger partial charge < -0.3 is 10.1 Å². The maximum absolute atomic E-state index is 13.3. The molecule has 0 aromatic heterocycles. The molecule has 0 radical (unpaired) electrons. The molecule has 1 aliphatic rings.